The van der Waals surface area contributed by atoms with Crippen LogP contribution in [0.1, 0.15) is 36.5 Å². The van der Waals surface area contributed by atoms with Gasteiger partial charge >= 0.3 is 0 Å². The molecular weight excluding hydrogens is 312 g/mol. The first kappa shape index (κ1) is 17.6. The molecule has 0 aliphatic carbocycles. The molecule has 3 atom stereocenters. The van der Waals surface area contributed by atoms with E-state index in [1.165, 1.54) is 0 Å². The molecule has 3 N–H and O–H groups in total. The lowest BCUT2D eigenvalue weighted by molar-refractivity contribution is -0.133. The molecule has 25 heavy (non-hydrogen) atoms. The van der Waals surface area contributed by atoms with Crippen molar-refractivity contribution in [2.75, 3.05) is 6.54 Å². The smallest absolute Gasteiger partial charge is 0.240 e. The molecule has 4 heteroatoms. The average Bonchev–Trinajstić information content (AvgIpc) is 3.10. The van der Waals surface area contributed by atoms with Gasteiger partial charge < -0.3 is 15.7 Å². The Morgan fingerprint density at radius 2 is 1.76 bits per heavy atom. The van der Waals surface area contributed by atoms with Crippen molar-refractivity contribution < 1.29 is 9.90 Å². The van der Waals surface area contributed by atoms with E-state index in [1.54, 1.807) is 0 Å². The quantitative estimate of drug-likeness (QED) is 0.851. The Bertz CT molecular complexity index is 675. The summed E-state index contributed by atoms with van der Waals surface area (Å²) in [5.41, 5.74) is 8.15. The molecule has 0 spiro atoms. The van der Waals surface area contributed by atoms with Gasteiger partial charge in [-0.25, -0.2) is 0 Å². The van der Waals surface area contributed by atoms with Gasteiger partial charge in [-0.05, 0) is 36.8 Å². The third-order valence-corrected chi connectivity index (χ3v) is 4.96. The van der Waals surface area contributed by atoms with Gasteiger partial charge in [0.25, 0.3) is 0 Å². The Kier molecular flexibility index (Phi) is 5.84. The molecule has 3 unspecified atom stereocenters. The Morgan fingerprint density at radius 3 is 2.44 bits per heavy atom. The van der Waals surface area contributed by atoms with Gasteiger partial charge in [0.2, 0.25) is 5.91 Å². The highest BCUT2D eigenvalue weighted by Crippen LogP contribution is 2.28. The predicted molar refractivity (Wildman–Crippen MR) is 98.9 cm³/mol. The number of hydrogen-bond donors (Lipinski definition) is 2. The van der Waals surface area contributed by atoms with Gasteiger partial charge in [-0.15, -0.1) is 0 Å². The fourth-order valence-corrected chi connectivity index (χ4v) is 3.61. The van der Waals surface area contributed by atoms with E-state index in [9.17, 15) is 9.90 Å². The number of hydrogen-bond acceptors (Lipinski definition) is 3. The van der Waals surface area contributed by atoms with Crippen LogP contribution in [-0.2, 0) is 11.2 Å². The van der Waals surface area contributed by atoms with Crippen molar-refractivity contribution in [3.05, 3.63) is 71.8 Å². The van der Waals surface area contributed by atoms with E-state index < -0.39 is 12.1 Å². The van der Waals surface area contributed by atoms with Gasteiger partial charge in [0.15, 0.2) is 0 Å². The van der Waals surface area contributed by atoms with E-state index in [-0.39, 0.29) is 11.9 Å². The van der Waals surface area contributed by atoms with Crippen LogP contribution < -0.4 is 5.73 Å². The van der Waals surface area contributed by atoms with Gasteiger partial charge in [0, 0.05) is 12.6 Å². The van der Waals surface area contributed by atoms with E-state index in [2.05, 4.69) is 0 Å². The number of carbonyl (C=O) groups excluding carboxylic acids is 1. The Hall–Kier alpha value is -2.17. The molecule has 1 saturated heterocycles. The van der Waals surface area contributed by atoms with Crippen LogP contribution in [0, 0.1) is 0 Å². The molecular formula is C21H26N2O2. The summed E-state index contributed by atoms with van der Waals surface area (Å²) in [5, 5.41) is 10.5. The third-order valence-electron chi connectivity index (χ3n) is 4.96. The molecule has 1 aliphatic heterocycles. The molecule has 1 aliphatic rings. The van der Waals surface area contributed by atoms with E-state index in [1.807, 2.05) is 65.6 Å². The first-order valence-corrected chi connectivity index (χ1v) is 8.98. The molecule has 1 amide bonds. The fourth-order valence-electron chi connectivity index (χ4n) is 3.61. The maximum Gasteiger partial charge on any atom is 0.240 e. The topological polar surface area (TPSA) is 66.6 Å². The molecule has 4 nitrogen and oxygen atoms in total. The van der Waals surface area contributed by atoms with Crippen molar-refractivity contribution in [1.82, 2.24) is 4.90 Å². The van der Waals surface area contributed by atoms with E-state index in [0.717, 1.165) is 30.5 Å². The largest absolute Gasteiger partial charge is 0.388 e. The second-order valence-electron chi connectivity index (χ2n) is 6.79. The van der Waals surface area contributed by atoms with Crippen LogP contribution in [0.5, 0.6) is 0 Å². The molecule has 1 fully saturated rings. The van der Waals surface area contributed by atoms with Crippen LogP contribution >= 0.6 is 0 Å². The van der Waals surface area contributed by atoms with Crippen LogP contribution in [0.25, 0.3) is 0 Å². The molecule has 132 valence electrons. The first-order chi connectivity index (χ1) is 12.1. The number of likely N-dealkylation sites (tertiary alicyclic amines) is 1. The first-order valence-electron chi connectivity index (χ1n) is 8.98. The Labute approximate surface area is 149 Å². The van der Waals surface area contributed by atoms with E-state index >= 15 is 0 Å². The second-order valence-corrected chi connectivity index (χ2v) is 6.79. The fraction of sp³-hybridized carbons (Fsp3) is 0.381. The monoisotopic (exact) mass is 338 g/mol. The average molecular weight is 338 g/mol. The Morgan fingerprint density at radius 1 is 1.12 bits per heavy atom. The lowest BCUT2D eigenvalue weighted by Crippen LogP contribution is -2.47. The number of benzene rings is 2. The number of nitrogens with two attached hydrogens (primary N) is 1. The summed E-state index contributed by atoms with van der Waals surface area (Å²) in [6.07, 6.45) is 2.45. The molecule has 0 radical (unpaired) electrons. The highest BCUT2D eigenvalue weighted by Gasteiger charge is 2.33. The lowest BCUT2D eigenvalue weighted by Gasteiger charge is -2.29. The zero-order valence-corrected chi connectivity index (χ0v) is 14.4. The lowest BCUT2D eigenvalue weighted by atomic mass is 9.99. The summed E-state index contributed by atoms with van der Waals surface area (Å²) in [6, 6.07) is 19.0. The van der Waals surface area contributed by atoms with Crippen LogP contribution in [0.15, 0.2) is 60.7 Å². The normalized spacial score (nSPS) is 19.6. The summed E-state index contributed by atoms with van der Waals surface area (Å²) >= 11 is 0. The molecule has 0 aromatic heterocycles. The number of aliphatic hydroxyl groups excluding tert-OH is 1. The van der Waals surface area contributed by atoms with Gasteiger partial charge in [0.05, 0.1) is 12.1 Å². The zero-order valence-electron chi connectivity index (χ0n) is 14.4. The minimum atomic E-state index is -0.551. The number of amides is 1. The zero-order chi connectivity index (χ0) is 17.6. The molecule has 0 bridgehead atoms. The molecule has 1 heterocycles. The van der Waals surface area contributed by atoms with Crippen molar-refractivity contribution in [1.29, 1.82) is 0 Å². The van der Waals surface area contributed by atoms with Crippen LogP contribution in [0.3, 0.4) is 0 Å². The number of rotatable bonds is 6. The van der Waals surface area contributed by atoms with E-state index in [0.29, 0.717) is 12.8 Å². The maximum atomic E-state index is 12.8. The molecule has 2 aromatic rings. The highest BCUT2D eigenvalue weighted by atomic mass is 16.3. The standard InChI is InChI=1S/C21H26N2O2/c22-19(14-16-8-3-1-4-9-16)21(25)23-13-7-12-18(23)15-20(24)17-10-5-2-6-11-17/h1-6,8-11,18-20,24H,7,12-15,22H2. The number of aliphatic hydroxyl groups is 1. The summed E-state index contributed by atoms with van der Waals surface area (Å²) < 4.78 is 0. The minimum absolute atomic E-state index is 0.00776. The summed E-state index contributed by atoms with van der Waals surface area (Å²) in [6.45, 7) is 0.730. The highest BCUT2D eigenvalue weighted by molar-refractivity contribution is 5.82. The molecule has 2 aromatic carbocycles. The van der Waals surface area contributed by atoms with Gasteiger partial charge in [0.1, 0.15) is 0 Å². The van der Waals surface area contributed by atoms with Gasteiger partial charge in [-0.3, -0.25) is 4.79 Å². The van der Waals surface area contributed by atoms with Crippen molar-refractivity contribution >= 4 is 5.91 Å². The summed E-state index contributed by atoms with van der Waals surface area (Å²) in [4.78, 5) is 14.7. The predicted octanol–water partition coefficient (Wildman–Crippen LogP) is 2.67. The van der Waals surface area contributed by atoms with Crippen molar-refractivity contribution in [2.45, 2.75) is 43.9 Å². The summed E-state index contributed by atoms with van der Waals surface area (Å²) in [5.74, 6) is -0.00776. The van der Waals surface area contributed by atoms with Crippen molar-refractivity contribution in [2.24, 2.45) is 5.73 Å². The van der Waals surface area contributed by atoms with E-state index in [4.69, 9.17) is 5.73 Å². The van der Waals surface area contributed by atoms with Gasteiger partial charge in [-0.1, -0.05) is 60.7 Å². The number of carbonyl (C=O) groups is 1. The van der Waals surface area contributed by atoms with Crippen LogP contribution in [0.2, 0.25) is 0 Å². The third kappa shape index (κ3) is 4.47. The minimum Gasteiger partial charge on any atom is -0.388 e. The van der Waals surface area contributed by atoms with Crippen molar-refractivity contribution in [3.63, 3.8) is 0 Å². The van der Waals surface area contributed by atoms with Crippen LogP contribution in [0.4, 0.5) is 0 Å². The molecule has 3 rings (SSSR count). The van der Waals surface area contributed by atoms with Crippen molar-refractivity contribution in [3.8, 4) is 0 Å². The Balaban J connectivity index is 1.61. The maximum absolute atomic E-state index is 12.8. The van der Waals surface area contributed by atoms with Crippen LogP contribution in [-0.4, -0.2) is 34.5 Å². The summed E-state index contributed by atoms with van der Waals surface area (Å²) in [7, 11) is 0. The van der Waals surface area contributed by atoms with Gasteiger partial charge in [-0.2, -0.15) is 0 Å². The molecule has 0 saturated carbocycles. The number of nitrogens with zero attached hydrogens (tertiary/aromatic N) is 1. The SMILES string of the molecule is NC(Cc1ccccc1)C(=O)N1CCCC1CC(O)c1ccccc1. The second kappa shape index (κ2) is 8.28.